The van der Waals surface area contributed by atoms with E-state index in [1.807, 2.05) is 25.1 Å². The molecule has 1 aromatic rings. The molecule has 0 saturated heterocycles. The molecule has 1 aromatic carbocycles. The van der Waals surface area contributed by atoms with Crippen molar-refractivity contribution in [2.45, 2.75) is 13.5 Å². The first-order valence-electron chi connectivity index (χ1n) is 5.52. The van der Waals surface area contributed by atoms with E-state index in [0.717, 1.165) is 17.1 Å². The Morgan fingerprint density at radius 3 is 2.71 bits per heavy atom. The van der Waals surface area contributed by atoms with Crippen LogP contribution in [-0.2, 0) is 6.54 Å². The molecular formula is C13H18N2O2. The van der Waals surface area contributed by atoms with Crippen molar-refractivity contribution in [2.75, 3.05) is 20.8 Å². The molecule has 1 atom stereocenters. The van der Waals surface area contributed by atoms with E-state index in [2.05, 4.69) is 11.4 Å². The van der Waals surface area contributed by atoms with E-state index in [4.69, 9.17) is 14.7 Å². The van der Waals surface area contributed by atoms with Crippen LogP contribution in [0.1, 0.15) is 12.5 Å². The molecule has 0 aliphatic carbocycles. The fourth-order valence-corrected chi connectivity index (χ4v) is 1.49. The van der Waals surface area contributed by atoms with E-state index in [1.165, 1.54) is 0 Å². The van der Waals surface area contributed by atoms with Gasteiger partial charge in [-0.1, -0.05) is 0 Å². The lowest BCUT2D eigenvalue weighted by Gasteiger charge is -2.11. The van der Waals surface area contributed by atoms with Crippen molar-refractivity contribution >= 4 is 0 Å². The van der Waals surface area contributed by atoms with Gasteiger partial charge in [-0.25, -0.2) is 0 Å². The molecule has 17 heavy (non-hydrogen) atoms. The maximum Gasteiger partial charge on any atom is 0.123 e. The number of methoxy groups -OCH3 is 2. The molecule has 0 aliphatic heterocycles. The maximum absolute atomic E-state index is 8.68. The quantitative estimate of drug-likeness (QED) is 0.817. The van der Waals surface area contributed by atoms with Gasteiger partial charge < -0.3 is 14.8 Å². The second-order valence-corrected chi connectivity index (χ2v) is 3.84. The van der Waals surface area contributed by atoms with Gasteiger partial charge in [0.05, 0.1) is 26.2 Å². The molecule has 0 heterocycles. The third-order valence-corrected chi connectivity index (χ3v) is 2.47. The number of rotatable bonds is 6. The largest absolute Gasteiger partial charge is 0.497 e. The van der Waals surface area contributed by atoms with Crippen molar-refractivity contribution in [1.82, 2.24) is 5.32 Å². The zero-order chi connectivity index (χ0) is 12.7. The molecule has 0 fully saturated rings. The summed E-state index contributed by atoms with van der Waals surface area (Å²) in [4.78, 5) is 0. The number of nitrogens with zero attached hydrogens (tertiary/aromatic N) is 1. The molecule has 0 bridgehead atoms. The first kappa shape index (κ1) is 13.3. The standard InChI is InChI=1S/C13H18N2O2/c1-10(7-14)8-15-9-11-6-12(16-2)4-5-13(11)17-3/h4-6,10,15H,8-9H2,1-3H3. The van der Waals surface area contributed by atoms with Gasteiger partial charge in [0, 0.05) is 18.7 Å². The summed E-state index contributed by atoms with van der Waals surface area (Å²) in [5.41, 5.74) is 1.02. The summed E-state index contributed by atoms with van der Waals surface area (Å²) in [6.07, 6.45) is 0. The van der Waals surface area contributed by atoms with Crippen molar-refractivity contribution in [2.24, 2.45) is 5.92 Å². The Labute approximate surface area is 102 Å². The van der Waals surface area contributed by atoms with E-state index < -0.39 is 0 Å². The topological polar surface area (TPSA) is 54.3 Å². The van der Waals surface area contributed by atoms with Crippen LogP contribution < -0.4 is 14.8 Å². The molecule has 0 amide bonds. The molecule has 4 nitrogen and oxygen atoms in total. The zero-order valence-corrected chi connectivity index (χ0v) is 10.5. The number of ether oxygens (including phenoxy) is 2. The van der Waals surface area contributed by atoms with Gasteiger partial charge in [-0.15, -0.1) is 0 Å². The van der Waals surface area contributed by atoms with Crippen molar-refractivity contribution < 1.29 is 9.47 Å². The molecule has 0 saturated carbocycles. The first-order chi connectivity index (χ1) is 8.21. The van der Waals surface area contributed by atoms with Crippen molar-refractivity contribution in [1.29, 1.82) is 5.26 Å². The van der Waals surface area contributed by atoms with E-state index in [-0.39, 0.29) is 5.92 Å². The summed E-state index contributed by atoms with van der Waals surface area (Å²) < 4.78 is 10.4. The second kappa shape index (κ2) is 6.77. The Morgan fingerprint density at radius 2 is 2.12 bits per heavy atom. The number of hydrogen-bond acceptors (Lipinski definition) is 4. The fourth-order valence-electron chi connectivity index (χ4n) is 1.49. The number of nitrogens with one attached hydrogen (secondary N) is 1. The molecule has 1 unspecified atom stereocenters. The molecule has 0 spiro atoms. The van der Waals surface area contributed by atoms with Gasteiger partial charge in [0.1, 0.15) is 11.5 Å². The molecule has 1 N–H and O–H groups in total. The predicted molar refractivity (Wildman–Crippen MR) is 66.0 cm³/mol. The Bertz CT molecular complexity index is 399. The normalized spacial score (nSPS) is 11.6. The Kier molecular flexibility index (Phi) is 5.31. The lowest BCUT2D eigenvalue weighted by molar-refractivity contribution is 0.396. The van der Waals surface area contributed by atoms with Crippen molar-refractivity contribution in [3.63, 3.8) is 0 Å². The average Bonchev–Trinajstić information content (AvgIpc) is 2.38. The fraction of sp³-hybridized carbons (Fsp3) is 0.462. The van der Waals surface area contributed by atoms with Crippen LogP contribution in [0, 0.1) is 17.2 Å². The van der Waals surface area contributed by atoms with Crippen LogP contribution in [0.2, 0.25) is 0 Å². The van der Waals surface area contributed by atoms with Crippen LogP contribution in [0.15, 0.2) is 18.2 Å². The Hall–Kier alpha value is -1.73. The van der Waals surface area contributed by atoms with Gasteiger partial charge in [-0.2, -0.15) is 5.26 Å². The summed E-state index contributed by atoms with van der Waals surface area (Å²) in [6, 6.07) is 7.86. The van der Waals surface area contributed by atoms with Gasteiger partial charge >= 0.3 is 0 Å². The van der Waals surface area contributed by atoms with Gasteiger partial charge in [-0.05, 0) is 25.1 Å². The molecule has 0 aliphatic rings. The first-order valence-corrected chi connectivity index (χ1v) is 5.52. The van der Waals surface area contributed by atoms with Crippen LogP contribution in [-0.4, -0.2) is 20.8 Å². The minimum atomic E-state index is 0.00611. The highest BCUT2D eigenvalue weighted by molar-refractivity contribution is 5.40. The Balaban J connectivity index is 2.65. The van der Waals surface area contributed by atoms with Gasteiger partial charge in [0.15, 0.2) is 0 Å². The SMILES string of the molecule is COc1ccc(OC)c(CNCC(C)C#N)c1. The van der Waals surface area contributed by atoms with Crippen LogP contribution in [0.25, 0.3) is 0 Å². The monoisotopic (exact) mass is 234 g/mol. The molecule has 0 radical (unpaired) electrons. The Morgan fingerprint density at radius 1 is 1.35 bits per heavy atom. The van der Waals surface area contributed by atoms with Gasteiger partial charge in [-0.3, -0.25) is 0 Å². The summed E-state index contributed by atoms with van der Waals surface area (Å²) in [5, 5.41) is 11.9. The summed E-state index contributed by atoms with van der Waals surface area (Å²) >= 11 is 0. The average molecular weight is 234 g/mol. The minimum absolute atomic E-state index is 0.00611. The smallest absolute Gasteiger partial charge is 0.123 e. The lowest BCUT2D eigenvalue weighted by Crippen LogP contribution is -2.20. The van der Waals surface area contributed by atoms with Crippen LogP contribution in [0.4, 0.5) is 0 Å². The maximum atomic E-state index is 8.68. The van der Waals surface area contributed by atoms with Crippen molar-refractivity contribution in [3.05, 3.63) is 23.8 Å². The highest BCUT2D eigenvalue weighted by atomic mass is 16.5. The third kappa shape index (κ3) is 3.97. The van der Waals surface area contributed by atoms with Crippen molar-refractivity contribution in [3.8, 4) is 17.6 Å². The lowest BCUT2D eigenvalue weighted by atomic mass is 10.1. The molecule has 4 heteroatoms. The van der Waals surface area contributed by atoms with Gasteiger partial charge in [0.2, 0.25) is 0 Å². The van der Waals surface area contributed by atoms with E-state index in [0.29, 0.717) is 13.1 Å². The highest BCUT2D eigenvalue weighted by Crippen LogP contribution is 2.23. The molecule has 1 rings (SSSR count). The predicted octanol–water partition coefficient (Wildman–Crippen LogP) is 1.95. The molecular weight excluding hydrogens is 216 g/mol. The minimum Gasteiger partial charge on any atom is -0.497 e. The van der Waals surface area contributed by atoms with E-state index >= 15 is 0 Å². The van der Waals surface area contributed by atoms with Crippen LogP contribution in [0.3, 0.4) is 0 Å². The second-order valence-electron chi connectivity index (χ2n) is 3.84. The summed E-state index contributed by atoms with van der Waals surface area (Å²) in [7, 11) is 3.28. The van der Waals surface area contributed by atoms with Gasteiger partial charge in [0.25, 0.3) is 0 Å². The third-order valence-electron chi connectivity index (χ3n) is 2.47. The number of hydrogen-bond donors (Lipinski definition) is 1. The van der Waals surface area contributed by atoms with Crippen LogP contribution >= 0.6 is 0 Å². The summed E-state index contributed by atoms with van der Waals surface area (Å²) in [6.45, 7) is 3.21. The molecule has 0 aromatic heterocycles. The number of benzene rings is 1. The highest BCUT2D eigenvalue weighted by Gasteiger charge is 2.05. The zero-order valence-electron chi connectivity index (χ0n) is 10.5. The number of nitriles is 1. The van der Waals surface area contributed by atoms with E-state index in [1.54, 1.807) is 14.2 Å². The summed E-state index contributed by atoms with van der Waals surface area (Å²) in [5.74, 6) is 1.63. The van der Waals surface area contributed by atoms with E-state index in [9.17, 15) is 0 Å². The van der Waals surface area contributed by atoms with Crippen LogP contribution in [0.5, 0.6) is 11.5 Å². The molecule has 92 valence electrons.